The lowest BCUT2D eigenvalue weighted by Gasteiger charge is -2.18. The van der Waals surface area contributed by atoms with Gasteiger partial charge in [0.1, 0.15) is 6.04 Å². The SMILES string of the molecule is NC(=O)[C@H](Cc1ccc(-c2ccccc2)cc1)NC(=O)c1c2ccccc2cc2ccccc12. The maximum Gasteiger partial charge on any atom is 0.253 e. The average molecular weight is 445 g/mol. The van der Waals surface area contributed by atoms with Crippen LogP contribution in [0.25, 0.3) is 32.7 Å². The van der Waals surface area contributed by atoms with Gasteiger partial charge in [-0.1, -0.05) is 103 Å². The van der Waals surface area contributed by atoms with E-state index in [-0.39, 0.29) is 5.91 Å². The van der Waals surface area contributed by atoms with Crippen LogP contribution in [0.4, 0.5) is 0 Å². The van der Waals surface area contributed by atoms with Gasteiger partial charge in [0, 0.05) is 6.42 Å². The summed E-state index contributed by atoms with van der Waals surface area (Å²) in [6, 6.07) is 34.8. The van der Waals surface area contributed by atoms with Gasteiger partial charge < -0.3 is 11.1 Å². The van der Waals surface area contributed by atoms with Crippen LogP contribution in [0.5, 0.6) is 0 Å². The molecule has 0 aromatic heterocycles. The minimum atomic E-state index is -0.826. The van der Waals surface area contributed by atoms with Gasteiger partial charge in [0.2, 0.25) is 5.91 Å². The Hall–Kier alpha value is -4.44. The van der Waals surface area contributed by atoms with E-state index in [9.17, 15) is 9.59 Å². The first-order chi connectivity index (χ1) is 16.6. The van der Waals surface area contributed by atoms with Crippen molar-refractivity contribution in [2.75, 3.05) is 0 Å². The molecule has 0 radical (unpaired) electrons. The highest BCUT2D eigenvalue weighted by molar-refractivity contribution is 6.18. The van der Waals surface area contributed by atoms with Crippen LogP contribution in [0.2, 0.25) is 0 Å². The molecule has 5 aromatic carbocycles. The minimum absolute atomic E-state index is 0.308. The van der Waals surface area contributed by atoms with E-state index in [0.717, 1.165) is 38.2 Å². The first-order valence-electron chi connectivity index (χ1n) is 11.3. The largest absolute Gasteiger partial charge is 0.368 e. The Morgan fingerprint density at radius 2 is 1.21 bits per heavy atom. The summed E-state index contributed by atoms with van der Waals surface area (Å²) < 4.78 is 0. The number of benzene rings is 5. The average Bonchev–Trinajstić information content (AvgIpc) is 2.87. The van der Waals surface area contributed by atoms with Crippen LogP contribution in [0, 0.1) is 0 Å². The van der Waals surface area contributed by atoms with Crippen molar-refractivity contribution in [1.82, 2.24) is 5.32 Å². The summed E-state index contributed by atoms with van der Waals surface area (Å²) in [6.45, 7) is 0. The van der Waals surface area contributed by atoms with Crippen LogP contribution < -0.4 is 11.1 Å². The summed E-state index contributed by atoms with van der Waals surface area (Å²) in [5.74, 6) is -0.872. The molecule has 0 heterocycles. The first-order valence-corrected chi connectivity index (χ1v) is 11.3. The van der Waals surface area contributed by atoms with Gasteiger partial charge in [0.05, 0.1) is 5.56 Å². The van der Waals surface area contributed by atoms with Crippen LogP contribution in [0.15, 0.2) is 109 Å². The molecule has 0 saturated carbocycles. The normalized spacial score (nSPS) is 11.9. The highest BCUT2D eigenvalue weighted by Crippen LogP contribution is 2.28. The smallest absolute Gasteiger partial charge is 0.253 e. The molecule has 0 spiro atoms. The molecule has 1 atom stereocenters. The van der Waals surface area contributed by atoms with Crippen LogP contribution in [0.1, 0.15) is 15.9 Å². The Bertz CT molecular complexity index is 1440. The van der Waals surface area contributed by atoms with Crippen molar-refractivity contribution in [3.63, 3.8) is 0 Å². The molecule has 0 aliphatic rings. The highest BCUT2D eigenvalue weighted by atomic mass is 16.2. The Kier molecular flexibility index (Phi) is 5.79. The number of nitrogens with two attached hydrogens (primary N) is 1. The van der Waals surface area contributed by atoms with Crippen LogP contribution >= 0.6 is 0 Å². The fourth-order valence-electron chi connectivity index (χ4n) is 4.41. The van der Waals surface area contributed by atoms with Crippen LogP contribution in [-0.4, -0.2) is 17.9 Å². The maximum absolute atomic E-state index is 13.5. The standard InChI is InChI=1S/C30H24N2O2/c31-29(33)27(18-20-14-16-22(17-15-20)21-8-2-1-3-9-21)32-30(34)28-25-12-6-4-10-23(25)19-24-11-5-7-13-26(24)28/h1-17,19,27H,18H2,(H2,31,33)(H,32,34)/t27-/m0/s1. The van der Waals surface area contributed by atoms with Crippen molar-refractivity contribution in [2.45, 2.75) is 12.5 Å². The molecule has 0 saturated heterocycles. The second kappa shape index (κ2) is 9.20. The van der Waals surface area contributed by atoms with Crippen molar-refractivity contribution < 1.29 is 9.59 Å². The Morgan fingerprint density at radius 3 is 1.79 bits per heavy atom. The van der Waals surface area contributed by atoms with Gasteiger partial charge in [-0.15, -0.1) is 0 Å². The molecule has 0 unspecified atom stereocenters. The number of nitrogens with one attached hydrogen (secondary N) is 1. The summed E-state index contributed by atoms with van der Waals surface area (Å²) in [6.07, 6.45) is 0.318. The van der Waals surface area contributed by atoms with Gasteiger partial charge in [0.15, 0.2) is 0 Å². The van der Waals surface area contributed by atoms with E-state index in [4.69, 9.17) is 5.73 Å². The summed E-state index contributed by atoms with van der Waals surface area (Å²) in [5, 5.41) is 6.52. The number of carbonyl (C=O) groups is 2. The lowest BCUT2D eigenvalue weighted by molar-refractivity contribution is -0.119. The van der Waals surface area contributed by atoms with Gasteiger partial charge >= 0.3 is 0 Å². The zero-order chi connectivity index (χ0) is 23.5. The summed E-state index contributed by atoms with van der Waals surface area (Å²) in [5.41, 5.74) is 9.39. The van der Waals surface area contributed by atoms with E-state index in [0.29, 0.717) is 12.0 Å². The number of hydrogen-bond donors (Lipinski definition) is 2. The minimum Gasteiger partial charge on any atom is -0.368 e. The summed E-state index contributed by atoms with van der Waals surface area (Å²) >= 11 is 0. The monoisotopic (exact) mass is 444 g/mol. The highest BCUT2D eigenvalue weighted by Gasteiger charge is 2.22. The second-order valence-corrected chi connectivity index (χ2v) is 8.39. The third-order valence-electron chi connectivity index (χ3n) is 6.15. The van der Waals surface area contributed by atoms with Crippen molar-refractivity contribution in [3.05, 3.63) is 120 Å². The molecule has 34 heavy (non-hydrogen) atoms. The number of hydrogen-bond acceptors (Lipinski definition) is 2. The lowest BCUT2D eigenvalue weighted by atomic mass is 9.95. The molecular formula is C30H24N2O2. The zero-order valence-electron chi connectivity index (χ0n) is 18.6. The molecule has 5 aromatic rings. The quantitative estimate of drug-likeness (QED) is 0.340. The third-order valence-corrected chi connectivity index (χ3v) is 6.15. The number of fused-ring (bicyclic) bond motifs is 2. The van der Waals surface area contributed by atoms with Crippen LogP contribution in [0.3, 0.4) is 0 Å². The fraction of sp³-hybridized carbons (Fsp3) is 0.0667. The van der Waals surface area contributed by atoms with E-state index in [1.807, 2.05) is 91.0 Å². The Labute approximate surface area is 198 Å². The summed E-state index contributed by atoms with van der Waals surface area (Å²) in [7, 11) is 0. The number of rotatable bonds is 6. The second-order valence-electron chi connectivity index (χ2n) is 8.39. The van der Waals surface area contributed by atoms with Crippen molar-refractivity contribution in [2.24, 2.45) is 5.73 Å². The van der Waals surface area contributed by atoms with E-state index in [1.54, 1.807) is 0 Å². The van der Waals surface area contributed by atoms with Gasteiger partial charge in [-0.2, -0.15) is 0 Å². The lowest BCUT2D eigenvalue weighted by Crippen LogP contribution is -2.46. The topological polar surface area (TPSA) is 72.2 Å². The Morgan fingerprint density at radius 1 is 0.676 bits per heavy atom. The Balaban J connectivity index is 1.44. The zero-order valence-corrected chi connectivity index (χ0v) is 18.6. The molecule has 4 nitrogen and oxygen atoms in total. The predicted molar refractivity (Wildman–Crippen MR) is 137 cm³/mol. The van der Waals surface area contributed by atoms with Gasteiger partial charge in [-0.05, 0) is 44.3 Å². The maximum atomic E-state index is 13.5. The first kappa shape index (κ1) is 21.4. The van der Waals surface area contributed by atoms with E-state index in [1.165, 1.54) is 0 Å². The number of amides is 2. The summed E-state index contributed by atoms with van der Waals surface area (Å²) in [4.78, 5) is 25.8. The molecule has 0 bridgehead atoms. The van der Waals surface area contributed by atoms with Crippen molar-refractivity contribution in [1.29, 1.82) is 0 Å². The molecule has 3 N–H and O–H groups in total. The molecule has 2 amide bonds. The predicted octanol–water partition coefficient (Wildman–Crippen LogP) is 5.49. The number of carbonyl (C=O) groups excluding carboxylic acids is 2. The van der Waals surface area contributed by atoms with E-state index in [2.05, 4.69) is 23.5 Å². The molecule has 0 aliphatic heterocycles. The van der Waals surface area contributed by atoms with Gasteiger partial charge in [-0.3, -0.25) is 9.59 Å². The molecule has 0 fully saturated rings. The van der Waals surface area contributed by atoms with Crippen molar-refractivity contribution in [3.8, 4) is 11.1 Å². The molecular weight excluding hydrogens is 420 g/mol. The molecule has 166 valence electrons. The fourth-order valence-corrected chi connectivity index (χ4v) is 4.41. The molecule has 0 aliphatic carbocycles. The number of primary amides is 1. The van der Waals surface area contributed by atoms with Gasteiger partial charge in [0.25, 0.3) is 5.91 Å². The third kappa shape index (κ3) is 4.26. The molecule has 5 rings (SSSR count). The van der Waals surface area contributed by atoms with Gasteiger partial charge in [-0.25, -0.2) is 0 Å². The van der Waals surface area contributed by atoms with Crippen molar-refractivity contribution >= 4 is 33.4 Å². The van der Waals surface area contributed by atoms with E-state index < -0.39 is 11.9 Å². The molecule has 4 heteroatoms. The van der Waals surface area contributed by atoms with Crippen LogP contribution in [-0.2, 0) is 11.2 Å². The van der Waals surface area contributed by atoms with E-state index >= 15 is 0 Å².